The molecule has 1 aliphatic rings. The van der Waals surface area contributed by atoms with Crippen LogP contribution in [0.2, 0.25) is 0 Å². The zero-order chi connectivity index (χ0) is 14.7. The number of hydrogen-bond acceptors (Lipinski definition) is 6. The number of aryl methyl sites for hydroxylation is 1. The van der Waals surface area contributed by atoms with Crippen LogP contribution in [0.3, 0.4) is 0 Å². The summed E-state index contributed by atoms with van der Waals surface area (Å²) in [5.74, 6) is 1.38. The van der Waals surface area contributed by atoms with Gasteiger partial charge in [0.15, 0.2) is 0 Å². The average Bonchev–Trinajstić information content (AvgIpc) is 3.19. The van der Waals surface area contributed by atoms with Crippen molar-refractivity contribution in [1.29, 1.82) is 0 Å². The van der Waals surface area contributed by atoms with Crippen LogP contribution in [0.4, 0.5) is 0 Å². The van der Waals surface area contributed by atoms with Crippen LogP contribution in [0.5, 0.6) is 0 Å². The summed E-state index contributed by atoms with van der Waals surface area (Å²) in [6, 6.07) is 4.05. The molecule has 1 amide bonds. The Morgan fingerprint density at radius 2 is 2.48 bits per heavy atom. The minimum absolute atomic E-state index is 0.137. The molecule has 7 heteroatoms. The molecule has 1 fully saturated rings. The molecule has 2 aromatic heterocycles. The van der Waals surface area contributed by atoms with Gasteiger partial charge in [-0.1, -0.05) is 11.2 Å². The van der Waals surface area contributed by atoms with Crippen molar-refractivity contribution in [2.24, 2.45) is 5.73 Å². The number of nitrogens with two attached hydrogens (primary N) is 1. The fourth-order valence-corrected chi connectivity index (χ4v) is 3.07. The van der Waals surface area contributed by atoms with Crippen molar-refractivity contribution >= 4 is 17.2 Å². The van der Waals surface area contributed by atoms with E-state index in [1.54, 1.807) is 11.3 Å². The summed E-state index contributed by atoms with van der Waals surface area (Å²) in [6.07, 6.45) is 2.75. The number of thiophene rings is 1. The van der Waals surface area contributed by atoms with Gasteiger partial charge >= 0.3 is 0 Å². The van der Waals surface area contributed by atoms with Gasteiger partial charge in [0.05, 0.1) is 4.88 Å². The molecule has 3 heterocycles. The van der Waals surface area contributed by atoms with Gasteiger partial charge in [0, 0.05) is 32.0 Å². The second kappa shape index (κ2) is 6.36. The fourth-order valence-electron chi connectivity index (χ4n) is 2.43. The lowest BCUT2D eigenvalue weighted by molar-refractivity contribution is -0.130. The summed E-state index contributed by atoms with van der Waals surface area (Å²) in [6.45, 7) is 1.46. The van der Waals surface area contributed by atoms with Crippen LogP contribution in [0.1, 0.15) is 25.2 Å². The fraction of sp³-hybridized carbons (Fsp3) is 0.500. The van der Waals surface area contributed by atoms with Crippen molar-refractivity contribution in [3.8, 4) is 10.7 Å². The highest BCUT2D eigenvalue weighted by Crippen LogP contribution is 2.21. The van der Waals surface area contributed by atoms with E-state index in [9.17, 15) is 4.79 Å². The molecule has 1 atom stereocenters. The van der Waals surface area contributed by atoms with Crippen LogP contribution < -0.4 is 5.73 Å². The van der Waals surface area contributed by atoms with Crippen molar-refractivity contribution in [3.05, 3.63) is 23.4 Å². The number of carbonyl (C=O) groups is 1. The Morgan fingerprint density at radius 1 is 1.57 bits per heavy atom. The normalized spacial score (nSPS) is 18.3. The van der Waals surface area contributed by atoms with Crippen LogP contribution in [0.25, 0.3) is 10.7 Å². The van der Waals surface area contributed by atoms with Gasteiger partial charge in [-0.25, -0.2) is 0 Å². The molecule has 0 radical (unpaired) electrons. The predicted molar refractivity (Wildman–Crippen MR) is 79.7 cm³/mol. The maximum Gasteiger partial charge on any atom is 0.226 e. The number of aromatic nitrogens is 2. The first-order valence-electron chi connectivity index (χ1n) is 7.12. The molecule has 2 N–H and O–H groups in total. The summed E-state index contributed by atoms with van der Waals surface area (Å²) in [5.41, 5.74) is 5.81. The van der Waals surface area contributed by atoms with Crippen LogP contribution in [0.15, 0.2) is 22.0 Å². The highest BCUT2D eigenvalue weighted by atomic mass is 32.1. The Balaban J connectivity index is 1.46. The van der Waals surface area contributed by atoms with Gasteiger partial charge < -0.3 is 15.2 Å². The van der Waals surface area contributed by atoms with Crippen molar-refractivity contribution in [1.82, 2.24) is 15.0 Å². The van der Waals surface area contributed by atoms with Crippen LogP contribution in [-0.2, 0) is 11.2 Å². The Hall–Kier alpha value is -1.73. The largest absolute Gasteiger partial charge is 0.341 e. The third kappa shape index (κ3) is 3.48. The summed E-state index contributed by atoms with van der Waals surface area (Å²) in [4.78, 5) is 19.2. The van der Waals surface area contributed by atoms with Gasteiger partial charge in [-0.15, -0.1) is 11.3 Å². The highest BCUT2D eigenvalue weighted by Gasteiger charge is 2.23. The smallest absolute Gasteiger partial charge is 0.226 e. The molecule has 0 spiro atoms. The third-order valence-corrected chi connectivity index (χ3v) is 4.43. The van der Waals surface area contributed by atoms with E-state index in [-0.39, 0.29) is 11.9 Å². The van der Waals surface area contributed by atoms with E-state index in [1.165, 1.54) is 0 Å². The van der Waals surface area contributed by atoms with Crippen molar-refractivity contribution in [2.45, 2.75) is 31.7 Å². The van der Waals surface area contributed by atoms with E-state index in [1.807, 2.05) is 22.4 Å². The van der Waals surface area contributed by atoms with E-state index >= 15 is 0 Å². The molecule has 21 heavy (non-hydrogen) atoms. The molecule has 0 aliphatic carbocycles. The summed E-state index contributed by atoms with van der Waals surface area (Å²) in [5, 5.41) is 5.93. The molecule has 6 nitrogen and oxygen atoms in total. The predicted octanol–water partition coefficient (Wildman–Crippen LogP) is 1.68. The zero-order valence-electron chi connectivity index (χ0n) is 11.7. The van der Waals surface area contributed by atoms with E-state index in [4.69, 9.17) is 10.3 Å². The lowest BCUT2D eigenvalue weighted by Gasteiger charge is -2.15. The second-order valence-electron chi connectivity index (χ2n) is 5.23. The Kier molecular flexibility index (Phi) is 4.31. The second-order valence-corrected chi connectivity index (χ2v) is 6.18. The molecule has 0 aromatic carbocycles. The number of likely N-dealkylation sites (tertiary alicyclic amines) is 1. The number of amides is 1. The van der Waals surface area contributed by atoms with E-state index in [0.717, 1.165) is 24.3 Å². The number of nitrogens with zero attached hydrogens (tertiary/aromatic N) is 3. The first-order chi connectivity index (χ1) is 10.2. The maximum atomic E-state index is 12.0. The molecule has 112 valence electrons. The van der Waals surface area contributed by atoms with Gasteiger partial charge in [-0.2, -0.15) is 4.98 Å². The maximum absolute atomic E-state index is 12.0. The molecule has 3 rings (SSSR count). The Bertz CT molecular complexity index is 596. The minimum atomic E-state index is 0.137. The van der Waals surface area contributed by atoms with Gasteiger partial charge in [-0.3, -0.25) is 4.79 Å². The van der Waals surface area contributed by atoms with Gasteiger partial charge in [0.1, 0.15) is 0 Å². The first-order valence-corrected chi connectivity index (χ1v) is 8.00. The summed E-state index contributed by atoms with van der Waals surface area (Å²) in [7, 11) is 0. The number of carbonyl (C=O) groups excluding carboxylic acids is 1. The first kappa shape index (κ1) is 14.2. The third-order valence-electron chi connectivity index (χ3n) is 3.57. The monoisotopic (exact) mass is 306 g/mol. The van der Waals surface area contributed by atoms with Crippen LogP contribution >= 0.6 is 11.3 Å². The number of hydrogen-bond donors (Lipinski definition) is 1. The molecular weight excluding hydrogens is 288 g/mol. The van der Waals surface area contributed by atoms with Crippen LogP contribution in [-0.4, -0.2) is 40.1 Å². The SMILES string of the molecule is N[C@@H]1CCN(C(=O)CCCc2nc(-c3cccs3)no2)C1. The molecule has 0 bridgehead atoms. The standard InChI is InChI=1S/C14H18N4O2S/c15-10-6-7-18(9-10)13(19)5-1-4-12-16-14(17-20-12)11-3-2-8-21-11/h2-3,8,10H,1,4-7,9,15H2/t10-/m1/s1. The minimum Gasteiger partial charge on any atom is -0.341 e. The topological polar surface area (TPSA) is 85.2 Å². The van der Waals surface area contributed by atoms with Gasteiger partial charge in [0.2, 0.25) is 17.6 Å². The lowest BCUT2D eigenvalue weighted by atomic mass is 10.2. The highest BCUT2D eigenvalue weighted by molar-refractivity contribution is 7.13. The molecule has 1 saturated heterocycles. The lowest BCUT2D eigenvalue weighted by Crippen LogP contribution is -2.31. The molecule has 0 saturated carbocycles. The van der Waals surface area contributed by atoms with Crippen LogP contribution in [0, 0.1) is 0 Å². The van der Waals surface area contributed by atoms with Crippen molar-refractivity contribution in [2.75, 3.05) is 13.1 Å². The number of rotatable bonds is 5. The summed E-state index contributed by atoms with van der Waals surface area (Å²) < 4.78 is 5.21. The van der Waals surface area contributed by atoms with Gasteiger partial charge in [0.25, 0.3) is 0 Å². The molecule has 0 unspecified atom stereocenters. The van der Waals surface area contributed by atoms with E-state index in [0.29, 0.717) is 31.1 Å². The Labute approximate surface area is 126 Å². The average molecular weight is 306 g/mol. The molecule has 1 aliphatic heterocycles. The quantitative estimate of drug-likeness (QED) is 0.908. The van der Waals surface area contributed by atoms with Crippen molar-refractivity contribution in [3.63, 3.8) is 0 Å². The zero-order valence-corrected chi connectivity index (χ0v) is 12.5. The summed E-state index contributed by atoms with van der Waals surface area (Å²) >= 11 is 1.58. The van der Waals surface area contributed by atoms with Crippen molar-refractivity contribution < 1.29 is 9.32 Å². The van der Waals surface area contributed by atoms with E-state index < -0.39 is 0 Å². The molecular formula is C14H18N4O2S. The Morgan fingerprint density at radius 3 is 3.19 bits per heavy atom. The van der Waals surface area contributed by atoms with E-state index in [2.05, 4.69) is 10.1 Å². The molecule has 2 aromatic rings. The van der Waals surface area contributed by atoms with Gasteiger partial charge in [-0.05, 0) is 24.3 Å².